The van der Waals surface area contributed by atoms with Gasteiger partial charge < -0.3 is 15.4 Å². The first-order valence-electron chi connectivity index (χ1n) is 8.21. The van der Waals surface area contributed by atoms with E-state index in [1.54, 1.807) is 6.92 Å². The van der Waals surface area contributed by atoms with E-state index < -0.39 is 10.0 Å². The number of hydrogen-bond acceptors (Lipinski definition) is 4. The molecule has 0 aromatic heterocycles. The molecule has 3 unspecified atom stereocenters. The smallest absolute Gasteiger partial charge is 0.211 e. The van der Waals surface area contributed by atoms with Crippen molar-refractivity contribution in [2.45, 2.75) is 57.8 Å². The Hall–Kier alpha value is -0.130. The maximum Gasteiger partial charge on any atom is 0.211 e. The van der Waals surface area contributed by atoms with E-state index in [-0.39, 0.29) is 29.7 Å². The number of fused-ring (bicyclic) bond motifs is 2. The molecule has 136 valence electrons. The lowest BCUT2D eigenvalue weighted by Gasteiger charge is -2.22. The van der Waals surface area contributed by atoms with Crippen molar-refractivity contribution in [1.82, 2.24) is 15.4 Å². The van der Waals surface area contributed by atoms with Gasteiger partial charge in [-0.05, 0) is 39.5 Å². The molecule has 2 fully saturated rings. The summed E-state index contributed by atoms with van der Waals surface area (Å²) in [6.45, 7) is 5.48. The summed E-state index contributed by atoms with van der Waals surface area (Å²) in [5, 5.41) is 6.67. The molecule has 2 bridgehead atoms. The summed E-state index contributed by atoms with van der Waals surface area (Å²) in [5.74, 6) is 0.909. The van der Waals surface area contributed by atoms with Gasteiger partial charge in [0.2, 0.25) is 10.0 Å². The maximum absolute atomic E-state index is 11.3. The molecule has 0 amide bonds. The lowest BCUT2D eigenvalue weighted by molar-refractivity contribution is 0.0992. The number of sulfonamides is 1. The third-order valence-corrected chi connectivity index (χ3v) is 5.48. The highest BCUT2D eigenvalue weighted by atomic mass is 127. The Kier molecular flexibility index (Phi) is 9.09. The molecule has 0 aromatic rings. The Balaban J connectivity index is 0.00000264. The normalized spacial score (nSPS) is 26.9. The zero-order valence-corrected chi connectivity index (χ0v) is 17.0. The van der Waals surface area contributed by atoms with Gasteiger partial charge in [0.05, 0.1) is 24.0 Å². The standard InChI is InChI=1S/C14H28N4O3S.HI/c1-3-15-14(16-8-5-9-17-22(19,20)4-2)18-12-10-11-6-7-13(12)21-11;/h11-13,17H,3-10H2,1-2H3,(H2,15,16,18);1H. The highest BCUT2D eigenvalue weighted by Gasteiger charge is 2.41. The summed E-state index contributed by atoms with van der Waals surface area (Å²) < 4.78 is 31.0. The zero-order chi connectivity index (χ0) is 16.0. The largest absolute Gasteiger partial charge is 0.373 e. The van der Waals surface area contributed by atoms with E-state index in [1.165, 1.54) is 6.42 Å². The van der Waals surface area contributed by atoms with Gasteiger partial charge in [-0.3, -0.25) is 4.99 Å². The fourth-order valence-electron chi connectivity index (χ4n) is 2.89. The Labute approximate surface area is 156 Å². The van der Waals surface area contributed by atoms with Crippen molar-refractivity contribution in [2.24, 2.45) is 4.99 Å². The molecule has 0 aromatic carbocycles. The van der Waals surface area contributed by atoms with Gasteiger partial charge in [-0.1, -0.05) is 0 Å². The first kappa shape index (κ1) is 20.9. The molecule has 7 nitrogen and oxygen atoms in total. The second-order valence-corrected chi connectivity index (χ2v) is 7.87. The molecule has 2 saturated heterocycles. The zero-order valence-electron chi connectivity index (χ0n) is 13.9. The van der Waals surface area contributed by atoms with Crippen LogP contribution in [0.5, 0.6) is 0 Å². The molecule has 2 aliphatic rings. The van der Waals surface area contributed by atoms with E-state index >= 15 is 0 Å². The predicted molar refractivity (Wildman–Crippen MR) is 103 cm³/mol. The van der Waals surface area contributed by atoms with E-state index in [0.717, 1.165) is 25.3 Å². The number of guanidine groups is 1. The topological polar surface area (TPSA) is 91.8 Å². The van der Waals surface area contributed by atoms with E-state index in [2.05, 4.69) is 20.3 Å². The Bertz CT molecular complexity index is 486. The van der Waals surface area contributed by atoms with Crippen molar-refractivity contribution in [3.05, 3.63) is 0 Å². The molecular formula is C14H29IN4O3S. The van der Waals surface area contributed by atoms with Crippen LogP contribution in [0, 0.1) is 0 Å². The number of halogens is 1. The summed E-state index contributed by atoms with van der Waals surface area (Å²) in [5.41, 5.74) is 0. The van der Waals surface area contributed by atoms with Gasteiger partial charge in [0, 0.05) is 19.6 Å². The quantitative estimate of drug-likeness (QED) is 0.216. The molecule has 2 rings (SSSR count). The van der Waals surface area contributed by atoms with Crippen LogP contribution in [0.2, 0.25) is 0 Å². The number of ether oxygens (including phenoxy) is 1. The van der Waals surface area contributed by atoms with Crippen molar-refractivity contribution >= 4 is 40.0 Å². The fraction of sp³-hybridized carbons (Fsp3) is 0.929. The van der Waals surface area contributed by atoms with Crippen LogP contribution in [-0.4, -0.2) is 58.0 Å². The average Bonchev–Trinajstić information content (AvgIpc) is 3.09. The Morgan fingerprint density at radius 1 is 1.30 bits per heavy atom. The van der Waals surface area contributed by atoms with Crippen molar-refractivity contribution in [2.75, 3.05) is 25.4 Å². The van der Waals surface area contributed by atoms with Crippen molar-refractivity contribution in [1.29, 1.82) is 0 Å². The summed E-state index contributed by atoms with van der Waals surface area (Å²) in [6, 6.07) is 0.343. The Morgan fingerprint density at radius 2 is 2.09 bits per heavy atom. The number of nitrogens with zero attached hydrogens (tertiary/aromatic N) is 1. The number of aliphatic imine (C=N–C) groups is 1. The predicted octanol–water partition coefficient (Wildman–Crippen LogP) is 0.809. The molecule has 0 saturated carbocycles. The molecular weight excluding hydrogens is 431 g/mol. The Morgan fingerprint density at radius 3 is 2.65 bits per heavy atom. The van der Waals surface area contributed by atoms with Crippen LogP contribution in [-0.2, 0) is 14.8 Å². The van der Waals surface area contributed by atoms with Crippen LogP contribution in [0.4, 0.5) is 0 Å². The van der Waals surface area contributed by atoms with E-state index in [4.69, 9.17) is 4.74 Å². The van der Waals surface area contributed by atoms with Gasteiger partial charge >= 0.3 is 0 Å². The van der Waals surface area contributed by atoms with Gasteiger partial charge in [-0.2, -0.15) is 0 Å². The van der Waals surface area contributed by atoms with Gasteiger partial charge in [-0.25, -0.2) is 13.1 Å². The molecule has 2 heterocycles. The third-order valence-electron chi connectivity index (χ3n) is 4.08. The molecule has 0 aliphatic carbocycles. The van der Waals surface area contributed by atoms with Gasteiger partial charge in [0.25, 0.3) is 0 Å². The summed E-state index contributed by atoms with van der Waals surface area (Å²) in [4.78, 5) is 4.51. The van der Waals surface area contributed by atoms with Gasteiger partial charge in [-0.15, -0.1) is 24.0 Å². The second kappa shape index (κ2) is 10.00. The first-order valence-corrected chi connectivity index (χ1v) is 9.87. The molecule has 23 heavy (non-hydrogen) atoms. The average molecular weight is 460 g/mol. The van der Waals surface area contributed by atoms with Crippen LogP contribution in [0.1, 0.15) is 39.5 Å². The van der Waals surface area contributed by atoms with Crippen molar-refractivity contribution in [3.8, 4) is 0 Å². The lowest BCUT2D eigenvalue weighted by atomic mass is 9.96. The van der Waals surface area contributed by atoms with Crippen molar-refractivity contribution < 1.29 is 13.2 Å². The highest BCUT2D eigenvalue weighted by Crippen LogP contribution is 2.34. The molecule has 2 aliphatic heterocycles. The molecule has 9 heteroatoms. The maximum atomic E-state index is 11.3. The third kappa shape index (κ3) is 6.71. The van der Waals surface area contributed by atoms with Crippen LogP contribution < -0.4 is 15.4 Å². The van der Waals surface area contributed by atoms with E-state index in [9.17, 15) is 8.42 Å². The fourth-order valence-corrected chi connectivity index (χ4v) is 3.54. The minimum atomic E-state index is -3.10. The molecule has 0 spiro atoms. The van der Waals surface area contributed by atoms with Crippen LogP contribution in [0.15, 0.2) is 4.99 Å². The highest BCUT2D eigenvalue weighted by molar-refractivity contribution is 14.0. The van der Waals surface area contributed by atoms with E-state index in [0.29, 0.717) is 37.8 Å². The summed E-state index contributed by atoms with van der Waals surface area (Å²) >= 11 is 0. The van der Waals surface area contributed by atoms with Crippen LogP contribution >= 0.6 is 24.0 Å². The van der Waals surface area contributed by atoms with Crippen LogP contribution in [0.25, 0.3) is 0 Å². The van der Waals surface area contributed by atoms with E-state index in [1.807, 2.05) is 6.92 Å². The monoisotopic (exact) mass is 460 g/mol. The molecule has 3 atom stereocenters. The SMILES string of the molecule is CCNC(=NCCCNS(=O)(=O)CC)NC1CC2CCC1O2.I. The molecule has 0 radical (unpaired) electrons. The van der Waals surface area contributed by atoms with Gasteiger partial charge in [0.1, 0.15) is 0 Å². The second-order valence-electron chi connectivity index (χ2n) is 5.77. The number of hydrogen-bond donors (Lipinski definition) is 3. The number of rotatable bonds is 8. The summed E-state index contributed by atoms with van der Waals surface area (Å²) in [6.07, 6.45) is 4.75. The first-order chi connectivity index (χ1) is 10.5. The van der Waals surface area contributed by atoms with Gasteiger partial charge in [0.15, 0.2) is 5.96 Å². The minimum Gasteiger partial charge on any atom is -0.373 e. The molecule has 3 N–H and O–H groups in total. The van der Waals surface area contributed by atoms with Crippen LogP contribution in [0.3, 0.4) is 0 Å². The minimum absolute atomic E-state index is 0. The van der Waals surface area contributed by atoms with Crippen molar-refractivity contribution in [3.63, 3.8) is 0 Å². The number of nitrogens with one attached hydrogen (secondary N) is 3. The lowest BCUT2D eigenvalue weighted by Crippen LogP contribution is -2.47. The summed E-state index contributed by atoms with van der Waals surface area (Å²) in [7, 11) is -3.10.